The molecule has 0 bridgehead atoms. The van der Waals surface area contributed by atoms with Gasteiger partial charge in [0.15, 0.2) is 0 Å². The molecule has 108 valence electrons. The van der Waals surface area contributed by atoms with Gasteiger partial charge in [-0.3, -0.25) is 4.79 Å². The molecular weight excluding hydrogens is 332 g/mol. The number of amides is 1. The summed E-state index contributed by atoms with van der Waals surface area (Å²) < 4.78 is 6.41. The molecular formula is C13H20BrClN2O2. The molecule has 0 spiro atoms. The Kier molecular flexibility index (Phi) is 10.6. The van der Waals surface area contributed by atoms with Crippen LogP contribution < -0.4 is 15.4 Å². The number of carbonyl (C=O) groups is 1. The number of halogens is 2. The van der Waals surface area contributed by atoms with Crippen molar-refractivity contribution in [2.45, 2.75) is 13.3 Å². The Balaban J connectivity index is 0.00000324. The summed E-state index contributed by atoms with van der Waals surface area (Å²) in [6, 6.07) is 7.60. The molecule has 1 aromatic rings. The van der Waals surface area contributed by atoms with E-state index in [2.05, 4.69) is 26.6 Å². The average Bonchev–Trinajstić information content (AvgIpc) is 2.37. The fourth-order valence-electron chi connectivity index (χ4n) is 1.37. The van der Waals surface area contributed by atoms with E-state index in [-0.39, 0.29) is 18.3 Å². The lowest BCUT2D eigenvalue weighted by Crippen LogP contribution is -2.32. The van der Waals surface area contributed by atoms with Crippen molar-refractivity contribution in [1.29, 1.82) is 0 Å². The number of para-hydroxylation sites is 1. The van der Waals surface area contributed by atoms with Crippen LogP contribution in [-0.4, -0.2) is 32.1 Å². The van der Waals surface area contributed by atoms with E-state index in [1.165, 1.54) is 0 Å². The highest BCUT2D eigenvalue weighted by Crippen LogP contribution is 2.23. The van der Waals surface area contributed by atoms with Gasteiger partial charge in [-0.15, -0.1) is 12.4 Å². The number of rotatable bonds is 8. The third-order valence-electron chi connectivity index (χ3n) is 2.30. The number of likely N-dealkylation sites (N-methyl/N-ethyl adjacent to an activating group) is 1. The van der Waals surface area contributed by atoms with Crippen LogP contribution in [0.15, 0.2) is 28.7 Å². The molecule has 0 saturated heterocycles. The summed E-state index contributed by atoms with van der Waals surface area (Å²) in [7, 11) is 0. The van der Waals surface area contributed by atoms with E-state index in [1.807, 2.05) is 31.2 Å². The largest absolute Gasteiger partial charge is 0.492 e. The van der Waals surface area contributed by atoms with Crippen molar-refractivity contribution >= 4 is 34.2 Å². The zero-order chi connectivity index (χ0) is 13.2. The number of carbonyl (C=O) groups excluding carboxylic acids is 1. The quantitative estimate of drug-likeness (QED) is 0.707. The molecule has 4 nitrogen and oxygen atoms in total. The van der Waals surface area contributed by atoms with Gasteiger partial charge < -0.3 is 15.4 Å². The van der Waals surface area contributed by atoms with Crippen LogP contribution in [0.4, 0.5) is 0 Å². The van der Waals surface area contributed by atoms with Gasteiger partial charge in [0.1, 0.15) is 5.75 Å². The summed E-state index contributed by atoms with van der Waals surface area (Å²) in [5.74, 6) is 0.776. The second-order valence-electron chi connectivity index (χ2n) is 3.73. The van der Waals surface area contributed by atoms with Crippen LogP contribution >= 0.6 is 28.3 Å². The zero-order valence-corrected chi connectivity index (χ0v) is 13.4. The van der Waals surface area contributed by atoms with Gasteiger partial charge in [-0.2, -0.15) is 0 Å². The van der Waals surface area contributed by atoms with Gasteiger partial charge in [0.2, 0.25) is 5.91 Å². The average molecular weight is 352 g/mol. The summed E-state index contributed by atoms with van der Waals surface area (Å²) >= 11 is 3.39. The molecule has 0 fully saturated rings. The highest BCUT2D eigenvalue weighted by atomic mass is 79.9. The van der Waals surface area contributed by atoms with Crippen LogP contribution in [0, 0.1) is 0 Å². The molecule has 0 atom stereocenters. The molecule has 0 radical (unpaired) electrons. The second kappa shape index (κ2) is 11.1. The van der Waals surface area contributed by atoms with Crippen LogP contribution in [0.1, 0.15) is 13.3 Å². The number of hydrogen-bond acceptors (Lipinski definition) is 3. The summed E-state index contributed by atoms with van der Waals surface area (Å²) in [5, 5.41) is 5.97. The van der Waals surface area contributed by atoms with Crippen molar-refractivity contribution in [1.82, 2.24) is 10.6 Å². The number of benzene rings is 1. The summed E-state index contributed by atoms with van der Waals surface area (Å²) in [5.41, 5.74) is 0. The smallest absolute Gasteiger partial charge is 0.223 e. The fraction of sp³-hybridized carbons (Fsp3) is 0.462. The minimum atomic E-state index is 0. The minimum absolute atomic E-state index is 0. The molecule has 0 unspecified atom stereocenters. The van der Waals surface area contributed by atoms with E-state index in [0.29, 0.717) is 19.6 Å². The molecule has 1 aromatic carbocycles. The Morgan fingerprint density at radius 2 is 2.05 bits per heavy atom. The van der Waals surface area contributed by atoms with Gasteiger partial charge >= 0.3 is 0 Å². The molecule has 1 amide bonds. The van der Waals surface area contributed by atoms with E-state index in [9.17, 15) is 4.79 Å². The predicted octanol–water partition coefficient (Wildman–Crippen LogP) is 2.37. The van der Waals surface area contributed by atoms with E-state index < -0.39 is 0 Å². The lowest BCUT2D eigenvalue weighted by molar-refractivity contribution is -0.121. The van der Waals surface area contributed by atoms with Gasteiger partial charge in [-0.25, -0.2) is 0 Å². The highest BCUT2D eigenvalue weighted by Gasteiger charge is 2.03. The molecule has 0 heterocycles. The van der Waals surface area contributed by atoms with Gasteiger partial charge in [-0.05, 0) is 34.6 Å². The van der Waals surface area contributed by atoms with E-state index in [4.69, 9.17) is 4.74 Å². The third kappa shape index (κ3) is 8.08. The lowest BCUT2D eigenvalue weighted by Gasteiger charge is -2.08. The normalized spacial score (nSPS) is 9.58. The van der Waals surface area contributed by atoms with Crippen molar-refractivity contribution in [3.63, 3.8) is 0 Å². The van der Waals surface area contributed by atoms with Crippen molar-refractivity contribution in [2.24, 2.45) is 0 Å². The molecule has 6 heteroatoms. The molecule has 0 aliphatic rings. The number of hydrogen-bond donors (Lipinski definition) is 2. The molecule has 19 heavy (non-hydrogen) atoms. The topological polar surface area (TPSA) is 50.4 Å². The maximum absolute atomic E-state index is 11.5. The fourth-order valence-corrected chi connectivity index (χ4v) is 1.77. The van der Waals surface area contributed by atoms with E-state index in [0.717, 1.165) is 23.3 Å². The third-order valence-corrected chi connectivity index (χ3v) is 2.95. The highest BCUT2D eigenvalue weighted by molar-refractivity contribution is 9.10. The van der Waals surface area contributed by atoms with Gasteiger partial charge in [0, 0.05) is 13.1 Å². The molecule has 0 aliphatic carbocycles. The molecule has 1 rings (SSSR count). The van der Waals surface area contributed by atoms with Crippen LogP contribution in [-0.2, 0) is 4.79 Å². The first-order valence-corrected chi connectivity index (χ1v) is 6.88. The van der Waals surface area contributed by atoms with Gasteiger partial charge in [-0.1, -0.05) is 19.1 Å². The Morgan fingerprint density at radius 1 is 1.32 bits per heavy atom. The Hall–Kier alpha value is -0.780. The summed E-state index contributed by atoms with van der Waals surface area (Å²) in [6.07, 6.45) is 0.369. The zero-order valence-electron chi connectivity index (χ0n) is 10.9. The predicted molar refractivity (Wildman–Crippen MR) is 83.1 cm³/mol. The number of nitrogens with one attached hydrogen (secondary N) is 2. The van der Waals surface area contributed by atoms with Crippen LogP contribution in [0.3, 0.4) is 0 Å². The second-order valence-corrected chi connectivity index (χ2v) is 4.59. The first-order chi connectivity index (χ1) is 8.74. The molecule has 0 aromatic heterocycles. The summed E-state index contributed by atoms with van der Waals surface area (Å²) in [4.78, 5) is 11.5. The van der Waals surface area contributed by atoms with Gasteiger partial charge in [0.25, 0.3) is 0 Å². The van der Waals surface area contributed by atoms with Gasteiger partial charge in [0.05, 0.1) is 17.5 Å². The summed E-state index contributed by atoms with van der Waals surface area (Å²) in [6.45, 7) is 4.79. The van der Waals surface area contributed by atoms with Crippen molar-refractivity contribution in [3.05, 3.63) is 28.7 Å². The maximum atomic E-state index is 11.5. The lowest BCUT2D eigenvalue weighted by atomic mass is 10.3. The molecule has 2 N–H and O–H groups in total. The van der Waals surface area contributed by atoms with E-state index in [1.54, 1.807) is 0 Å². The molecule has 0 aliphatic heterocycles. The van der Waals surface area contributed by atoms with E-state index >= 15 is 0 Å². The SMILES string of the molecule is CCNCCNC(=O)CCOc1ccccc1Br.Cl. The maximum Gasteiger partial charge on any atom is 0.223 e. The van der Waals surface area contributed by atoms with Crippen molar-refractivity contribution in [2.75, 3.05) is 26.2 Å². The van der Waals surface area contributed by atoms with Crippen molar-refractivity contribution in [3.8, 4) is 5.75 Å². The van der Waals surface area contributed by atoms with Crippen LogP contribution in [0.25, 0.3) is 0 Å². The molecule has 0 saturated carbocycles. The minimum Gasteiger partial charge on any atom is -0.492 e. The monoisotopic (exact) mass is 350 g/mol. The first-order valence-electron chi connectivity index (χ1n) is 6.08. The van der Waals surface area contributed by atoms with Crippen LogP contribution in [0.2, 0.25) is 0 Å². The number of ether oxygens (including phenoxy) is 1. The van der Waals surface area contributed by atoms with Crippen LogP contribution in [0.5, 0.6) is 5.75 Å². The Morgan fingerprint density at radius 3 is 2.74 bits per heavy atom. The Labute approximate surface area is 128 Å². The van der Waals surface area contributed by atoms with Crippen molar-refractivity contribution < 1.29 is 9.53 Å². The Bertz CT molecular complexity index is 377. The first kappa shape index (κ1) is 18.2. The standard InChI is InChI=1S/C13H19BrN2O2.ClH/c1-2-15-8-9-16-13(17)7-10-18-12-6-4-3-5-11(12)14;/h3-6,15H,2,7-10H2,1H3,(H,16,17);1H.